The fourth-order valence-corrected chi connectivity index (χ4v) is 2.59. The van der Waals surface area contributed by atoms with Gasteiger partial charge in [0.05, 0.1) is 23.5 Å². The highest BCUT2D eigenvalue weighted by Crippen LogP contribution is 2.31. The molecule has 1 aliphatic heterocycles. The van der Waals surface area contributed by atoms with Crippen LogP contribution in [0.15, 0.2) is 42.9 Å². The molecule has 102 valence electrons. The van der Waals surface area contributed by atoms with E-state index in [1.165, 1.54) is 12.1 Å². The van der Waals surface area contributed by atoms with Crippen molar-refractivity contribution in [1.29, 1.82) is 0 Å². The number of hydrogen-bond donors (Lipinski definition) is 0. The number of likely N-dealkylation sites (tertiary alicyclic amines) is 1. The van der Waals surface area contributed by atoms with E-state index in [4.69, 9.17) is 0 Å². The lowest BCUT2D eigenvalue weighted by atomic mass is 10.1. The molecule has 5 heteroatoms. The van der Waals surface area contributed by atoms with Gasteiger partial charge in [-0.15, -0.1) is 0 Å². The number of carbonyl (C=O) groups is 1. The van der Waals surface area contributed by atoms with Crippen LogP contribution in [0.4, 0.5) is 4.39 Å². The van der Waals surface area contributed by atoms with E-state index >= 15 is 0 Å². The van der Waals surface area contributed by atoms with Gasteiger partial charge in [-0.25, -0.2) is 4.39 Å². The monoisotopic (exact) mass is 271 g/mol. The Bertz CT molecular complexity index is 618. The van der Waals surface area contributed by atoms with Gasteiger partial charge < -0.3 is 4.90 Å². The van der Waals surface area contributed by atoms with Gasteiger partial charge in [0, 0.05) is 18.9 Å². The second kappa shape index (κ2) is 5.36. The summed E-state index contributed by atoms with van der Waals surface area (Å²) in [6.45, 7) is 0.619. The second-order valence-corrected chi connectivity index (χ2v) is 4.77. The maximum Gasteiger partial charge on any atom is 0.257 e. The smallest absolute Gasteiger partial charge is 0.257 e. The number of benzene rings is 1. The van der Waals surface area contributed by atoms with E-state index in [9.17, 15) is 9.18 Å². The standard InChI is InChI=1S/C15H14FN3O/c16-12-5-2-1-4-11(12)15(20)19-9-3-6-14(19)13-10-17-7-8-18-13/h1-2,4-5,7-8,10,14H,3,6,9H2/t14-/m0/s1. The molecule has 1 fully saturated rings. The van der Waals surface area contributed by atoms with Crippen molar-refractivity contribution >= 4 is 5.91 Å². The molecule has 20 heavy (non-hydrogen) atoms. The average molecular weight is 271 g/mol. The average Bonchev–Trinajstić information content (AvgIpc) is 2.97. The van der Waals surface area contributed by atoms with Crippen molar-refractivity contribution in [3.8, 4) is 0 Å². The van der Waals surface area contributed by atoms with Gasteiger partial charge in [-0.3, -0.25) is 14.8 Å². The van der Waals surface area contributed by atoms with Crippen molar-refractivity contribution in [2.45, 2.75) is 18.9 Å². The molecule has 0 aliphatic carbocycles. The van der Waals surface area contributed by atoms with Gasteiger partial charge in [0.1, 0.15) is 5.82 Å². The fourth-order valence-electron chi connectivity index (χ4n) is 2.59. The van der Waals surface area contributed by atoms with Crippen LogP contribution < -0.4 is 0 Å². The van der Waals surface area contributed by atoms with Gasteiger partial charge in [-0.05, 0) is 25.0 Å². The lowest BCUT2D eigenvalue weighted by Crippen LogP contribution is -2.31. The molecule has 3 rings (SSSR count). The lowest BCUT2D eigenvalue weighted by Gasteiger charge is -2.24. The van der Waals surface area contributed by atoms with Crippen molar-refractivity contribution in [3.63, 3.8) is 0 Å². The molecular weight excluding hydrogens is 257 g/mol. The third-order valence-corrected chi connectivity index (χ3v) is 3.54. The highest BCUT2D eigenvalue weighted by Gasteiger charge is 2.32. The van der Waals surface area contributed by atoms with E-state index in [0.29, 0.717) is 6.54 Å². The third kappa shape index (κ3) is 2.27. The van der Waals surface area contributed by atoms with Crippen LogP contribution in [0.25, 0.3) is 0 Å². The molecule has 0 saturated carbocycles. The Kier molecular flexibility index (Phi) is 3.41. The SMILES string of the molecule is O=C(c1ccccc1F)N1CCC[C@H]1c1cnccn1. The van der Waals surface area contributed by atoms with Gasteiger partial charge in [0.25, 0.3) is 5.91 Å². The quantitative estimate of drug-likeness (QED) is 0.843. The minimum absolute atomic E-state index is 0.114. The zero-order valence-corrected chi connectivity index (χ0v) is 10.9. The van der Waals surface area contributed by atoms with Crippen LogP contribution >= 0.6 is 0 Å². The van der Waals surface area contributed by atoms with Crippen molar-refractivity contribution in [3.05, 3.63) is 59.9 Å². The maximum absolute atomic E-state index is 13.7. The molecule has 0 unspecified atom stereocenters. The summed E-state index contributed by atoms with van der Waals surface area (Å²) in [6.07, 6.45) is 6.60. The van der Waals surface area contributed by atoms with Crippen LogP contribution in [0.2, 0.25) is 0 Å². The van der Waals surface area contributed by atoms with E-state index in [1.807, 2.05) is 0 Å². The van der Waals surface area contributed by atoms with E-state index in [-0.39, 0.29) is 17.5 Å². The zero-order valence-electron chi connectivity index (χ0n) is 10.9. The van der Waals surface area contributed by atoms with Crippen LogP contribution in [-0.4, -0.2) is 27.3 Å². The number of nitrogens with zero attached hydrogens (tertiary/aromatic N) is 3. The minimum Gasteiger partial charge on any atom is -0.330 e. The number of aromatic nitrogens is 2. The first kappa shape index (κ1) is 12.7. The zero-order chi connectivity index (χ0) is 13.9. The van der Waals surface area contributed by atoms with Crippen LogP contribution in [0.5, 0.6) is 0 Å². The fraction of sp³-hybridized carbons (Fsp3) is 0.267. The van der Waals surface area contributed by atoms with E-state index in [2.05, 4.69) is 9.97 Å². The Morgan fingerprint density at radius 2 is 2.15 bits per heavy atom. The summed E-state index contributed by atoms with van der Waals surface area (Å²) in [5.41, 5.74) is 0.873. The summed E-state index contributed by atoms with van der Waals surface area (Å²) in [4.78, 5) is 22.5. The first-order chi connectivity index (χ1) is 9.77. The number of rotatable bonds is 2. The molecule has 1 aliphatic rings. The van der Waals surface area contributed by atoms with Crippen LogP contribution in [-0.2, 0) is 0 Å². The first-order valence-electron chi connectivity index (χ1n) is 6.59. The van der Waals surface area contributed by atoms with Gasteiger partial charge in [-0.1, -0.05) is 12.1 Å². The van der Waals surface area contributed by atoms with Crippen molar-refractivity contribution in [2.75, 3.05) is 6.54 Å². The van der Waals surface area contributed by atoms with E-state index in [0.717, 1.165) is 18.5 Å². The molecular formula is C15H14FN3O. The Labute approximate surface area is 116 Å². The molecule has 0 bridgehead atoms. The molecule has 2 aromatic rings. The van der Waals surface area contributed by atoms with Crippen molar-refractivity contribution in [2.24, 2.45) is 0 Å². The van der Waals surface area contributed by atoms with Crippen LogP contribution in [0.1, 0.15) is 34.9 Å². The predicted octanol–water partition coefficient (Wildman–Crippen LogP) is 2.59. The largest absolute Gasteiger partial charge is 0.330 e. The first-order valence-corrected chi connectivity index (χ1v) is 6.59. The van der Waals surface area contributed by atoms with E-state index < -0.39 is 5.82 Å². The van der Waals surface area contributed by atoms with Crippen LogP contribution in [0, 0.1) is 5.82 Å². The molecule has 1 atom stereocenters. The molecule has 1 saturated heterocycles. The number of halogens is 1. The van der Waals surface area contributed by atoms with Crippen molar-refractivity contribution < 1.29 is 9.18 Å². The molecule has 1 aromatic heterocycles. The number of amides is 1. The van der Waals surface area contributed by atoms with Crippen molar-refractivity contribution in [1.82, 2.24) is 14.9 Å². The number of carbonyl (C=O) groups excluding carboxylic acids is 1. The summed E-state index contributed by atoms with van der Waals surface area (Å²) in [7, 11) is 0. The Balaban J connectivity index is 1.90. The molecule has 2 heterocycles. The van der Waals surface area contributed by atoms with Gasteiger partial charge in [-0.2, -0.15) is 0 Å². The van der Waals surface area contributed by atoms with Gasteiger partial charge in [0.2, 0.25) is 0 Å². The van der Waals surface area contributed by atoms with Gasteiger partial charge in [0.15, 0.2) is 0 Å². The normalized spacial score (nSPS) is 18.2. The molecule has 0 N–H and O–H groups in total. The third-order valence-electron chi connectivity index (χ3n) is 3.54. The summed E-state index contributed by atoms with van der Waals surface area (Å²) in [6, 6.07) is 5.96. The summed E-state index contributed by atoms with van der Waals surface area (Å²) < 4.78 is 13.7. The minimum atomic E-state index is -0.484. The maximum atomic E-state index is 13.7. The molecule has 1 amide bonds. The highest BCUT2D eigenvalue weighted by molar-refractivity contribution is 5.94. The van der Waals surface area contributed by atoms with Crippen LogP contribution in [0.3, 0.4) is 0 Å². The Morgan fingerprint density at radius 3 is 2.90 bits per heavy atom. The topological polar surface area (TPSA) is 46.1 Å². The number of hydrogen-bond acceptors (Lipinski definition) is 3. The summed E-state index contributed by atoms with van der Waals surface area (Å²) in [5, 5.41) is 0. The second-order valence-electron chi connectivity index (χ2n) is 4.77. The Morgan fingerprint density at radius 1 is 1.30 bits per heavy atom. The summed E-state index contributed by atoms with van der Waals surface area (Å²) >= 11 is 0. The highest BCUT2D eigenvalue weighted by atomic mass is 19.1. The molecule has 1 aromatic carbocycles. The predicted molar refractivity (Wildman–Crippen MR) is 71.4 cm³/mol. The Hall–Kier alpha value is -2.30. The molecule has 0 radical (unpaired) electrons. The van der Waals surface area contributed by atoms with E-state index in [1.54, 1.807) is 35.6 Å². The summed E-state index contributed by atoms with van der Waals surface area (Å²) in [5.74, 6) is -0.765. The molecule has 4 nitrogen and oxygen atoms in total. The molecule has 0 spiro atoms. The lowest BCUT2D eigenvalue weighted by molar-refractivity contribution is 0.0728. The van der Waals surface area contributed by atoms with Gasteiger partial charge >= 0.3 is 0 Å².